The highest BCUT2D eigenvalue weighted by molar-refractivity contribution is 6.30. The minimum Gasteiger partial charge on any atom is -0.496 e. The molecule has 0 bridgehead atoms. The standard InChI is InChI=1S/C12H14ClNO4/c1-7(12(16)17)11(15)14-6-8-3-4-9(13)5-10(8)18-2/h3-5,7H,6H2,1-2H3,(H,14,15)(H,16,17). The minimum atomic E-state index is -1.16. The third kappa shape index (κ3) is 3.63. The molecule has 0 saturated heterocycles. The predicted molar refractivity (Wildman–Crippen MR) is 66.7 cm³/mol. The third-order valence-electron chi connectivity index (χ3n) is 2.47. The zero-order chi connectivity index (χ0) is 13.7. The van der Waals surface area contributed by atoms with Crippen molar-refractivity contribution in [2.75, 3.05) is 7.11 Å². The van der Waals surface area contributed by atoms with Gasteiger partial charge in [-0.3, -0.25) is 9.59 Å². The van der Waals surface area contributed by atoms with Crippen molar-refractivity contribution in [2.45, 2.75) is 13.5 Å². The highest BCUT2D eigenvalue weighted by Gasteiger charge is 2.20. The van der Waals surface area contributed by atoms with Gasteiger partial charge in [0.15, 0.2) is 0 Å². The number of methoxy groups -OCH3 is 1. The summed E-state index contributed by atoms with van der Waals surface area (Å²) in [4.78, 5) is 22.1. The van der Waals surface area contributed by atoms with Gasteiger partial charge in [0.05, 0.1) is 7.11 Å². The zero-order valence-corrected chi connectivity index (χ0v) is 10.8. The summed E-state index contributed by atoms with van der Waals surface area (Å²) in [5, 5.41) is 11.7. The van der Waals surface area contributed by atoms with Gasteiger partial charge in [-0.15, -0.1) is 0 Å². The topological polar surface area (TPSA) is 75.6 Å². The monoisotopic (exact) mass is 271 g/mol. The van der Waals surface area contributed by atoms with E-state index in [4.69, 9.17) is 21.4 Å². The maximum Gasteiger partial charge on any atom is 0.315 e. The van der Waals surface area contributed by atoms with Crippen LogP contribution >= 0.6 is 11.6 Å². The molecule has 18 heavy (non-hydrogen) atoms. The molecular weight excluding hydrogens is 258 g/mol. The molecule has 1 aromatic rings. The van der Waals surface area contributed by atoms with Crippen molar-refractivity contribution in [2.24, 2.45) is 5.92 Å². The van der Waals surface area contributed by atoms with Crippen molar-refractivity contribution in [1.29, 1.82) is 0 Å². The van der Waals surface area contributed by atoms with Crippen LogP contribution in [0.3, 0.4) is 0 Å². The summed E-state index contributed by atoms with van der Waals surface area (Å²) < 4.78 is 5.11. The van der Waals surface area contributed by atoms with Crippen LogP contribution in [-0.4, -0.2) is 24.1 Å². The summed E-state index contributed by atoms with van der Waals surface area (Å²) >= 11 is 5.81. The molecule has 98 valence electrons. The molecule has 1 atom stereocenters. The van der Waals surface area contributed by atoms with Gasteiger partial charge in [0, 0.05) is 17.1 Å². The van der Waals surface area contributed by atoms with Crippen molar-refractivity contribution >= 4 is 23.5 Å². The number of hydrogen-bond acceptors (Lipinski definition) is 3. The van der Waals surface area contributed by atoms with Crippen LogP contribution in [0, 0.1) is 5.92 Å². The molecule has 1 unspecified atom stereocenters. The molecule has 0 heterocycles. The minimum absolute atomic E-state index is 0.191. The molecule has 2 N–H and O–H groups in total. The molecule has 0 spiro atoms. The van der Waals surface area contributed by atoms with E-state index in [2.05, 4.69) is 5.32 Å². The Kier molecular flexibility index (Phi) is 4.97. The first-order valence-corrected chi connectivity index (χ1v) is 5.66. The van der Waals surface area contributed by atoms with E-state index < -0.39 is 17.8 Å². The average Bonchev–Trinajstić information content (AvgIpc) is 2.35. The molecule has 0 aromatic heterocycles. The quantitative estimate of drug-likeness (QED) is 0.799. The van der Waals surface area contributed by atoms with Crippen LogP contribution in [0.1, 0.15) is 12.5 Å². The van der Waals surface area contributed by atoms with Gasteiger partial charge >= 0.3 is 5.97 Å². The maximum atomic E-state index is 11.5. The average molecular weight is 272 g/mol. The summed E-state index contributed by atoms with van der Waals surface area (Å²) in [6.07, 6.45) is 0. The molecule has 0 aliphatic heterocycles. The number of hydrogen-bond donors (Lipinski definition) is 2. The third-order valence-corrected chi connectivity index (χ3v) is 2.70. The lowest BCUT2D eigenvalue weighted by atomic mass is 10.1. The van der Waals surface area contributed by atoms with E-state index in [9.17, 15) is 9.59 Å². The van der Waals surface area contributed by atoms with Crippen LogP contribution in [0.15, 0.2) is 18.2 Å². The van der Waals surface area contributed by atoms with Crippen LogP contribution in [0.25, 0.3) is 0 Å². The number of amides is 1. The van der Waals surface area contributed by atoms with E-state index in [1.807, 2.05) is 0 Å². The number of aliphatic carboxylic acids is 1. The fraction of sp³-hybridized carbons (Fsp3) is 0.333. The lowest BCUT2D eigenvalue weighted by Crippen LogP contribution is -2.33. The second kappa shape index (κ2) is 6.26. The molecule has 1 amide bonds. The number of halogens is 1. The molecule has 0 saturated carbocycles. The number of carbonyl (C=O) groups excluding carboxylic acids is 1. The van der Waals surface area contributed by atoms with Crippen LogP contribution in [0.5, 0.6) is 5.75 Å². The largest absolute Gasteiger partial charge is 0.496 e. The van der Waals surface area contributed by atoms with Crippen molar-refractivity contribution in [1.82, 2.24) is 5.32 Å². The molecule has 5 nitrogen and oxygen atoms in total. The predicted octanol–water partition coefficient (Wildman–Crippen LogP) is 1.69. The van der Waals surface area contributed by atoms with E-state index in [0.717, 1.165) is 5.56 Å². The summed E-state index contributed by atoms with van der Waals surface area (Å²) in [6.45, 7) is 1.52. The maximum absolute atomic E-state index is 11.5. The van der Waals surface area contributed by atoms with Gasteiger partial charge in [0.2, 0.25) is 5.91 Å². The molecule has 0 fully saturated rings. The number of carboxylic acids is 1. The van der Waals surface area contributed by atoms with E-state index in [1.165, 1.54) is 14.0 Å². The van der Waals surface area contributed by atoms with Crippen LogP contribution < -0.4 is 10.1 Å². The van der Waals surface area contributed by atoms with Crippen molar-refractivity contribution < 1.29 is 19.4 Å². The number of nitrogens with one attached hydrogen (secondary N) is 1. The Hall–Kier alpha value is -1.75. The lowest BCUT2D eigenvalue weighted by Gasteiger charge is -2.11. The number of carboxylic acid groups (broad SMARTS) is 1. The number of ether oxygens (including phenoxy) is 1. The molecule has 0 aliphatic rings. The zero-order valence-electron chi connectivity index (χ0n) is 10.1. The second-order valence-corrected chi connectivity index (χ2v) is 4.17. The van der Waals surface area contributed by atoms with Gasteiger partial charge in [-0.2, -0.15) is 0 Å². The van der Waals surface area contributed by atoms with Crippen LogP contribution in [-0.2, 0) is 16.1 Å². The van der Waals surface area contributed by atoms with Gasteiger partial charge in [-0.25, -0.2) is 0 Å². The summed E-state index contributed by atoms with van der Waals surface area (Å²) in [7, 11) is 1.50. The van der Waals surface area contributed by atoms with E-state index in [0.29, 0.717) is 10.8 Å². The van der Waals surface area contributed by atoms with Gasteiger partial charge in [0.1, 0.15) is 11.7 Å². The van der Waals surface area contributed by atoms with Gasteiger partial charge < -0.3 is 15.2 Å². The molecule has 0 radical (unpaired) electrons. The summed E-state index contributed by atoms with van der Waals surface area (Å²) in [5.41, 5.74) is 0.729. The lowest BCUT2D eigenvalue weighted by molar-refractivity contribution is -0.146. The Morgan fingerprint density at radius 2 is 2.17 bits per heavy atom. The Bertz CT molecular complexity index is 461. The molecule has 1 rings (SSSR count). The molecule has 1 aromatic carbocycles. The van der Waals surface area contributed by atoms with Crippen molar-refractivity contribution in [3.8, 4) is 5.75 Å². The fourth-order valence-corrected chi connectivity index (χ4v) is 1.47. The van der Waals surface area contributed by atoms with Crippen LogP contribution in [0.2, 0.25) is 5.02 Å². The Balaban J connectivity index is 2.69. The molecule has 0 aliphatic carbocycles. The number of rotatable bonds is 5. The van der Waals surface area contributed by atoms with Gasteiger partial charge in [-0.05, 0) is 19.1 Å². The Labute approximate surface area is 110 Å². The van der Waals surface area contributed by atoms with E-state index in [1.54, 1.807) is 18.2 Å². The molecular formula is C12H14ClNO4. The number of benzene rings is 1. The highest BCUT2D eigenvalue weighted by Crippen LogP contribution is 2.22. The second-order valence-electron chi connectivity index (χ2n) is 3.73. The SMILES string of the molecule is COc1cc(Cl)ccc1CNC(=O)C(C)C(=O)O. The molecule has 6 heteroatoms. The van der Waals surface area contributed by atoms with Gasteiger partial charge in [0.25, 0.3) is 0 Å². The summed E-state index contributed by atoms with van der Waals surface area (Å²) in [5.74, 6) is -2.23. The van der Waals surface area contributed by atoms with Gasteiger partial charge in [-0.1, -0.05) is 17.7 Å². The fourth-order valence-electron chi connectivity index (χ4n) is 1.31. The van der Waals surface area contributed by atoms with E-state index >= 15 is 0 Å². The first kappa shape index (κ1) is 14.3. The first-order valence-electron chi connectivity index (χ1n) is 5.28. The van der Waals surface area contributed by atoms with Crippen LogP contribution in [0.4, 0.5) is 0 Å². The Morgan fingerprint density at radius 3 is 2.72 bits per heavy atom. The van der Waals surface area contributed by atoms with E-state index in [-0.39, 0.29) is 6.54 Å². The normalized spacial score (nSPS) is 11.7. The van der Waals surface area contributed by atoms with Crippen molar-refractivity contribution in [3.63, 3.8) is 0 Å². The smallest absolute Gasteiger partial charge is 0.315 e. The first-order chi connectivity index (χ1) is 8.45. The highest BCUT2D eigenvalue weighted by atomic mass is 35.5. The summed E-state index contributed by atoms with van der Waals surface area (Å²) in [6, 6.07) is 5.02. The number of carbonyl (C=O) groups is 2. The van der Waals surface area contributed by atoms with Crippen molar-refractivity contribution in [3.05, 3.63) is 28.8 Å². The Morgan fingerprint density at radius 1 is 1.50 bits per heavy atom.